The highest BCUT2D eigenvalue weighted by atomic mass is 16.5. The number of nitrogens with zero attached hydrogens (tertiary/aromatic N) is 4. The summed E-state index contributed by atoms with van der Waals surface area (Å²) in [7, 11) is 0. The van der Waals surface area contributed by atoms with Crippen LogP contribution in [0.2, 0.25) is 0 Å². The quantitative estimate of drug-likeness (QED) is 0.846. The van der Waals surface area contributed by atoms with Gasteiger partial charge in [-0.15, -0.1) is 0 Å². The number of hydrogen-bond acceptors (Lipinski definition) is 5. The van der Waals surface area contributed by atoms with Crippen LogP contribution in [0.1, 0.15) is 37.4 Å². The van der Waals surface area contributed by atoms with Crippen molar-refractivity contribution in [1.29, 1.82) is 0 Å². The highest BCUT2D eigenvalue weighted by molar-refractivity contribution is 5.38. The Hall–Kier alpha value is -1.20. The molecule has 3 aliphatic rings. The standard InChI is InChI=1S/C16H24N4O/c1-2-13(1)16-17-6-3-15(18-16)20-7-4-14(5-8-20)19-9-11-21-12-10-19/h3,6,13-14H,1-2,4-5,7-12H2. The second-order valence-electron chi connectivity index (χ2n) is 6.41. The van der Waals surface area contributed by atoms with Crippen LogP contribution in [0.25, 0.3) is 0 Å². The minimum Gasteiger partial charge on any atom is -0.379 e. The van der Waals surface area contributed by atoms with E-state index < -0.39 is 0 Å². The van der Waals surface area contributed by atoms with Gasteiger partial charge in [-0.05, 0) is 31.7 Å². The molecule has 1 aromatic heterocycles. The van der Waals surface area contributed by atoms with Crippen molar-refractivity contribution in [2.24, 2.45) is 0 Å². The van der Waals surface area contributed by atoms with Gasteiger partial charge in [0.05, 0.1) is 13.2 Å². The van der Waals surface area contributed by atoms with Gasteiger partial charge in [-0.25, -0.2) is 9.97 Å². The lowest BCUT2D eigenvalue weighted by molar-refractivity contribution is 0.0115. The van der Waals surface area contributed by atoms with Gasteiger partial charge < -0.3 is 9.64 Å². The van der Waals surface area contributed by atoms with E-state index in [1.54, 1.807) is 0 Å². The van der Waals surface area contributed by atoms with Gasteiger partial charge in [-0.3, -0.25) is 4.90 Å². The molecular weight excluding hydrogens is 264 g/mol. The van der Waals surface area contributed by atoms with Crippen molar-refractivity contribution in [2.75, 3.05) is 44.3 Å². The second kappa shape index (κ2) is 5.89. The van der Waals surface area contributed by atoms with Gasteiger partial charge >= 0.3 is 0 Å². The highest BCUT2D eigenvalue weighted by Crippen LogP contribution is 2.38. The molecule has 0 radical (unpaired) electrons. The fourth-order valence-electron chi connectivity index (χ4n) is 3.48. The predicted octanol–water partition coefficient (Wildman–Crippen LogP) is 1.66. The number of piperidine rings is 1. The van der Waals surface area contributed by atoms with Gasteiger partial charge in [0.1, 0.15) is 11.6 Å². The van der Waals surface area contributed by atoms with E-state index in [2.05, 4.69) is 20.9 Å². The van der Waals surface area contributed by atoms with Crippen molar-refractivity contribution in [1.82, 2.24) is 14.9 Å². The first kappa shape index (κ1) is 13.5. The Morgan fingerprint density at radius 2 is 1.76 bits per heavy atom. The van der Waals surface area contributed by atoms with E-state index in [-0.39, 0.29) is 0 Å². The maximum Gasteiger partial charge on any atom is 0.133 e. The minimum atomic E-state index is 0.635. The predicted molar refractivity (Wildman–Crippen MR) is 81.6 cm³/mol. The summed E-state index contributed by atoms with van der Waals surface area (Å²) >= 11 is 0. The van der Waals surface area contributed by atoms with Gasteiger partial charge in [-0.2, -0.15) is 0 Å². The molecule has 0 unspecified atom stereocenters. The Labute approximate surface area is 126 Å². The van der Waals surface area contributed by atoms with E-state index in [0.29, 0.717) is 5.92 Å². The summed E-state index contributed by atoms with van der Waals surface area (Å²) in [5, 5.41) is 0. The summed E-state index contributed by atoms with van der Waals surface area (Å²) in [4.78, 5) is 14.2. The molecule has 5 nitrogen and oxygen atoms in total. The largest absolute Gasteiger partial charge is 0.379 e. The first-order valence-electron chi connectivity index (χ1n) is 8.30. The van der Waals surface area contributed by atoms with E-state index >= 15 is 0 Å². The van der Waals surface area contributed by atoms with Crippen LogP contribution in [0.5, 0.6) is 0 Å². The SMILES string of the molecule is c1cc(N2CCC(N3CCOCC3)CC2)nc(C2CC2)n1. The Morgan fingerprint density at radius 3 is 2.48 bits per heavy atom. The number of hydrogen-bond donors (Lipinski definition) is 0. The molecule has 0 N–H and O–H groups in total. The lowest BCUT2D eigenvalue weighted by Gasteiger charge is -2.40. The first-order chi connectivity index (χ1) is 10.4. The van der Waals surface area contributed by atoms with Crippen LogP contribution >= 0.6 is 0 Å². The van der Waals surface area contributed by atoms with E-state index in [1.807, 2.05) is 6.20 Å². The summed E-state index contributed by atoms with van der Waals surface area (Å²) in [6.45, 7) is 6.23. The average Bonchev–Trinajstić information content (AvgIpc) is 3.41. The average molecular weight is 288 g/mol. The lowest BCUT2D eigenvalue weighted by atomic mass is 10.0. The van der Waals surface area contributed by atoms with E-state index in [4.69, 9.17) is 9.72 Å². The van der Waals surface area contributed by atoms with Gasteiger partial charge in [0.25, 0.3) is 0 Å². The number of ether oxygens (including phenoxy) is 1. The zero-order chi connectivity index (χ0) is 14.1. The van der Waals surface area contributed by atoms with E-state index in [0.717, 1.165) is 57.1 Å². The first-order valence-corrected chi connectivity index (χ1v) is 8.30. The second-order valence-corrected chi connectivity index (χ2v) is 6.41. The molecule has 0 amide bonds. The van der Waals surface area contributed by atoms with Crippen LogP contribution < -0.4 is 4.90 Å². The molecule has 2 aliphatic heterocycles. The summed E-state index contributed by atoms with van der Waals surface area (Å²) in [5.74, 6) is 2.82. The third-order valence-corrected chi connectivity index (χ3v) is 4.95. The molecule has 1 aliphatic carbocycles. The van der Waals surface area contributed by atoms with E-state index in [1.165, 1.54) is 25.7 Å². The van der Waals surface area contributed by atoms with Crippen molar-refractivity contribution < 1.29 is 4.74 Å². The van der Waals surface area contributed by atoms with Gasteiger partial charge in [0.15, 0.2) is 0 Å². The minimum absolute atomic E-state index is 0.635. The highest BCUT2D eigenvalue weighted by Gasteiger charge is 2.29. The third-order valence-electron chi connectivity index (χ3n) is 4.95. The van der Waals surface area contributed by atoms with Crippen LogP contribution in [0, 0.1) is 0 Å². The number of morpholine rings is 1. The Bertz CT molecular complexity index is 477. The maximum atomic E-state index is 5.45. The molecule has 0 aromatic carbocycles. The van der Waals surface area contributed by atoms with Gasteiger partial charge in [0.2, 0.25) is 0 Å². The van der Waals surface area contributed by atoms with Crippen molar-refractivity contribution in [3.8, 4) is 0 Å². The molecule has 114 valence electrons. The summed E-state index contributed by atoms with van der Waals surface area (Å²) in [6.07, 6.45) is 6.95. The molecule has 1 aromatic rings. The zero-order valence-electron chi connectivity index (χ0n) is 12.6. The van der Waals surface area contributed by atoms with Crippen molar-refractivity contribution in [2.45, 2.75) is 37.6 Å². The molecule has 3 fully saturated rings. The summed E-state index contributed by atoms with van der Waals surface area (Å²) in [6, 6.07) is 2.80. The molecule has 0 bridgehead atoms. The Balaban J connectivity index is 1.37. The molecule has 21 heavy (non-hydrogen) atoms. The monoisotopic (exact) mass is 288 g/mol. The molecule has 3 heterocycles. The smallest absolute Gasteiger partial charge is 0.133 e. The fourth-order valence-corrected chi connectivity index (χ4v) is 3.48. The van der Waals surface area contributed by atoms with E-state index in [9.17, 15) is 0 Å². The zero-order valence-corrected chi connectivity index (χ0v) is 12.6. The lowest BCUT2D eigenvalue weighted by Crippen LogP contribution is -2.49. The molecule has 2 saturated heterocycles. The van der Waals surface area contributed by atoms with Crippen molar-refractivity contribution in [3.63, 3.8) is 0 Å². The molecule has 5 heteroatoms. The van der Waals surface area contributed by atoms with Crippen molar-refractivity contribution in [3.05, 3.63) is 18.1 Å². The number of aromatic nitrogens is 2. The fraction of sp³-hybridized carbons (Fsp3) is 0.750. The van der Waals surface area contributed by atoms with Crippen LogP contribution in [0.4, 0.5) is 5.82 Å². The molecule has 0 atom stereocenters. The molecular formula is C16H24N4O. The van der Waals surface area contributed by atoms with Crippen molar-refractivity contribution >= 4 is 5.82 Å². The van der Waals surface area contributed by atoms with Crippen LogP contribution in [-0.4, -0.2) is 60.3 Å². The third kappa shape index (κ3) is 3.04. The maximum absolute atomic E-state index is 5.45. The van der Waals surface area contributed by atoms with Crippen LogP contribution in [0.3, 0.4) is 0 Å². The molecule has 0 spiro atoms. The number of rotatable bonds is 3. The molecule has 4 rings (SSSR count). The van der Waals surface area contributed by atoms with Crippen LogP contribution in [-0.2, 0) is 4.74 Å². The topological polar surface area (TPSA) is 41.5 Å². The Morgan fingerprint density at radius 1 is 1.00 bits per heavy atom. The normalized spacial score (nSPS) is 25.2. The van der Waals surface area contributed by atoms with Gasteiger partial charge in [0, 0.05) is 44.3 Å². The van der Waals surface area contributed by atoms with Gasteiger partial charge in [-0.1, -0.05) is 0 Å². The summed E-state index contributed by atoms with van der Waals surface area (Å²) in [5.41, 5.74) is 0. The van der Waals surface area contributed by atoms with Crippen LogP contribution in [0.15, 0.2) is 12.3 Å². The Kier molecular flexibility index (Phi) is 3.78. The number of anilines is 1. The summed E-state index contributed by atoms with van der Waals surface area (Å²) < 4.78 is 5.45. The molecule has 1 saturated carbocycles.